The van der Waals surface area contributed by atoms with Crippen LogP contribution in [0.15, 0.2) is 0 Å². The molecule has 0 aromatic heterocycles. The van der Waals surface area contributed by atoms with Crippen molar-refractivity contribution in [2.24, 2.45) is 11.7 Å². The molecule has 1 amide bonds. The molecular formula is C10H22N2O2. The number of hydrogen-bond donors (Lipinski definition) is 2. The highest BCUT2D eigenvalue weighted by Crippen LogP contribution is 1.98. The third kappa shape index (κ3) is 8.01. The number of hydrogen-bond acceptors (Lipinski definition) is 3. The Hall–Kier alpha value is -0.610. The minimum Gasteiger partial charge on any atom is -0.383 e. The van der Waals surface area contributed by atoms with Gasteiger partial charge in [0.1, 0.15) is 0 Å². The lowest BCUT2D eigenvalue weighted by atomic mass is 10.1. The van der Waals surface area contributed by atoms with E-state index in [0.717, 1.165) is 6.42 Å². The topological polar surface area (TPSA) is 64.3 Å². The quantitative estimate of drug-likeness (QED) is 0.632. The Morgan fingerprint density at radius 3 is 2.64 bits per heavy atom. The average Bonchev–Trinajstić information content (AvgIpc) is 2.02. The second kappa shape index (κ2) is 7.76. The number of carbonyl (C=O) groups excluding carboxylic acids is 1. The number of rotatable bonds is 7. The summed E-state index contributed by atoms with van der Waals surface area (Å²) in [5.41, 5.74) is 5.70. The predicted octanol–water partition coefficient (Wildman–Crippen LogP) is 0.513. The molecule has 0 spiro atoms. The smallest absolute Gasteiger partial charge is 0.220 e. The second-order valence-electron chi connectivity index (χ2n) is 3.95. The maximum absolute atomic E-state index is 11.2. The van der Waals surface area contributed by atoms with E-state index in [1.807, 2.05) is 13.8 Å². The van der Waals surface area contributed by atoms with Gasteiger partial charge in [-0.25, -0.2) is 0 Å². The molecule has 0 aliphatic carbocycles. The molecule has 0 heterocycles. The molecule has 3 N–H and O–H groups in total. The van der Waals surface area contributed by atoms with Crippen LogP contribution in [0.3, 0.4) is 0 Å². The van der Waals surface area contributed by atoms with Crippen molar-refractivity contribution in [3.05, 3.63) is 0 Å². The molecule has 0 rings (SSSR count). The van der Waals surface area contributed by atoms with E-state index in [0.29, 0.717) is 25.5 Å². The van der Waals surface area contributed by atoms with Gasteiger partial charge in [0, 0.05) is 26.1 Å². The van der Waals surface area contributed by atoms with Gasteiger partial charge in [-0.2, -0.15) is 0 Å². The predicted molar refractivity (Wildman–Crippen MR) is 56.9 cm³/mol. The first-order valence-corrected chi connectivity index (χ1v) is 5.07. The van der Waals surface area contributed by atoms with Crippen LogP contribution in [0.25, 0.3) is 0 Å². The largest absolute Gasteiger partial charge is 0.383 e. The van der Waals surface area contributed by atoms with Crippen molar-refractivity contribution in [2.75, 3.05) is 20.3 Å². The van der Waals surface area contributed by atoms with Crippen LogP contribution in [0.5, 0.6) is 0 Å². The Balaban J connectivity index is 3.39. The van der Waals surface area contributed by atoms with Crippen LogP contribution in [-0.4, -0.2) is 32.2 Å². The van der Waals surface area contributed by atoms with E-state index < -0.39 is 0 Å². The molecule has 0 radical (unpaired) electrons. The molecule has 1 unspecified atom stereocenters. The first-order chi connectivity index (χ1) is 6.56. The summed E-state index contributed by atoms with van der Waals surface area (Å²) >= 11 is 0. The summed E-state index contributed by atoms with van der Waals surface area (Å²) < 4.78 is 4.89. The molecule has 4 nitrogen and oxygen atoms in total. The van der Waals surface area contributed by atoms with Gasteiger partial charge in [0.25, 0.3) is 0 Å². The fourth-order valence-electron chi connectivity index (χ4n) is 1.14. The molecule has 4 heteroatoms. The van der Waals surface area contributed by atoms with Gasteiger partial charge in [-0.3, -0.25) is 4.79 Å². The molecule has 0 bridgehead atoms. The van der Waals surface area contributed by atoms with Gasteiger partial charge in [-0.05, 0) is 12.3 Å². The van der Waals surface area contributed by atoms with Crippen molar-refractivity contribution in [1.82, 2.24) is 5.32 Å². The number of nitrogens with two attached hydrogens (primary N) is 1. The number of ether oxygens (including phenoxy) is 1. The van der Waals surface area contributed by atoms with Crippen molar-refractivity contribution in [1.29, 1.82) is 0 Å². The third-order valence-corrected chi connectivity index (χ3v) is 1.81. The lowest BCUT2D eigenvalue weighted by molar-refractivity contribution is -0.121. The maximum atomic E-state index is 11.2. The molecule has 0 saturated carbocycles. The van der Waals surface area contributed by atoms with Crippen molar-refractivity contribution in [3.63, 3.8) is 0 Å². The standard InChI is InChI=1S/C10H22N2O2/c1-8(2)6-10(13)12-5-4-9(11)7-14-3/h8-9H,4-7,11H2,1-3H3,(H,12,13). The van der Waals surface area contributed by atoms with Crippen LogP contribution < -0.4 is 11.1 Å². The highest BCUT2D eigenvalue weighted by atomic mass is 16.5. The minimum atomic E-state index is 0.0133. The Bertz CT molecular complexity index is 160. The highest BCUT2D eigenvalue weighted by Gasteiger charge is 2.05. The summed E-state index contributed by atoms with van der Waals surface area (Å²) in [5, 5.41) is 2.83. The van der Waals surface area contributed by atoms with Crippen LogP contribution in [0.4, 0.5) is 0 Å². The first kappa shape index (κ1) is 13.4. The molecule has 0 aliphatic rings. The molecule has 0 saturated heterocycles. The number of methoxy groups -OCH3 is 1. The van der Waals surface area contributed by atoms with Crippen molar-refractivity contribution in [3.8, 4) is 0 Å². The Kier molecular flexibility index (Phi) is 7.42. The van der Waals surface area contributed by atoms with Crippen molar-refractivity contribution >= 4 is 5.91 Å². The zero-order valence-corrected chi connectivity index (χ0v) is 9.38. The summed E-state index contributed by atoms with van der Waals surface area (Å²) in [6.45, 7) is 5.22. The molecule has 0 aliphatic heterocycles. The molecule has 0 fully saturated rings. The van der Waals surface area contributed by atoms with E-state index in [2.05, 4.69) is 5.32 Å². The zero-order valence-electron chi connectivity index (χ0n) is 9.38. The Morgan fingerprint density at radius 2 is 2.14 bits per heavy atom. The van der Waals surface area contributed by atoms with Gasteiger partial charge in [-0.15, -0.1) is 0 Å². The van der Waals surface area contributed by atoms with E-state index in [-0.39, 0.29) is 11.9 Å². The molecule has 0 aromatic carbocycles. The lowest BCUT2D eigenvalue weighted by Gasteiger charge is -2.11. The van der Waals surface area contributed by atoms with Gasteiger partial charge >= 0.3 is 0 Å². The monoisotopic (exact) mass is 202 g/mol. The normalized spacial score (nSPS) is 12.9. The fraction of sp³-hybridized carbons (Fsp3) is 0.900. The van der Waals surface area contributed by atoms with E-state index in [9.17, 15) is 4.79 Å². The minimum absolute atomic E-state index is 0.0133. The molecule has 0 aromatic rings. The lowest BCUT2D eigenvalue weighted by Crippen LogP contribution is -2.33. The van der Waals surface area contributed by atoms with E-state index in [4.69, 9.17) is 10.5 Å². The number of nitrogens with one attached hydrogen (secondary N) is 1. The zero-order chi connectivity index (χ0) is 11.0. The third-order valence-electron chi connectivity index (χ3n) is 1.81. The summed E-state index contributed by atoms with van der Waals surface area (Å²) in [4.78, 5) is 11.2. The van der Waals surface area contributed by atoms with Gasteiger partial charge in [0.2, 0.25) is 5.91 Å². The molecular weight excluding hydrogens is 180 g/mol. The van der Waals surface area contributed by atoms with Crippen molar-refractivity contribution < 1.29 is 9.53 Å². The Morgan fingerprint density at radius 1 is 1.50 bits per heavy atom. The van der Waals surface area contributed by atoms with Crippen LogP contribution >= 0.6 is 0 Å². The number of carbonyl (C=O) groups is 1. The summed E-state index contributed by atoms with van der Waals surface area (Å²) in [5.74, 6) is 0.507. The highest BCUT2D eigenvalue weighted by molar-refractivity contribution is 5.75. The van der Waals surface area contributed by atoms with Crippen LogP contribution in [-0.2, 0) is 9.53 Å². The molecule has 1 atom stereocenters. The summed E-state index contributed by atoms with van der Waals surface area (Å²) in [7, 11) is 1.62. The Labute approximate surface area is 86.2 Å². The van der Waals surface area contributed by atoms with Gasteiger partial charge in [0.15, 0.2) is 0 Å². The van der Waals surface area contributed by atoms with Crippen LogP contribution in [0.1, 0.15) is 26.7 Å². The van der Waals surface area contributed by atoms with Crippen LogP contribution in [0.2, 0.25) is 0 Å². The number of amides is 1. The SMILES string of the molecule is COCC(N)CCNC(=O)CC(C)C. The average molecular weight is 202 g/mol. The first-order valence-electron chi connectivity index (χ1n) is 5.07. The van der Waals surface area contributed by atoms with E-state index in [1.54, 1.807) is 7.11 Å². The fourth-order valence-corrected chi connectivity index (χ4v) is 1.14. The summed E-state index contributed by atoms with van der Waals surface area (Å²) in [6, 6.07) is 0.0133. The van der Waals surface area contributed by atoms with E-state index in [1.165, 1.54) is 0 Å². The van der Waals surface area contributed by atoms with Gasteiger partial charge in [-0.1, -0.05) is 13.8 Å². The maximum Gasteiger partial charge on any atom is 0.220 e. The second-order valence-corrected chi connectivity index (χ2v) is 3.95. The molecule has 84 valence electrons. The summed E-state index contributed by atoms with van der Waals surface area (Å²) in [6.07, 6.45) is 1.34. The molecule has 14 heavy (non-hydrogen) atoms. The van der Waals surface area contributed by atoms with Gasteiger partial charge in [0.05, 0.1) is 6.61 Å². The van der Waals surface area contributed by atoms with Gasteiger partial charge < -0.3 is 15.8 Å². The van der Waals surface area contributed by atoms with Crippen LogP contribution in [0, 0.1) is 5.92 Å². The van der Waals surface area contributed by atoms with Crippen molar-refractivity contribution in [2.45, 2.75) is 32.7 Å². The van der Waals surface area contributed by atoms with E-state index >= 15 is 0 Å².